The van der Waals surface area contributed by atoms with Gasteiger partial charge in [-0.15, -0.1) is 0 Å². The van der Waals surface area contributed by atoms with Crippen LogP contribution in [0.25, 0.3) is 0 Å². The van der Waals surface area contributed by atoms with E-state index in [1.54, 1.807) is 10.8 Å². The minimum Gasteiger partial charge on any atom is -0.506 e. The van der Waals surface area contributed by atoms with E-state index in [9.17, 15) is 9.90 Å². The Balaban J connectivity index is 2.54. The lowest BCUT2D eigenvalue weighted by molar-refractivity contribution is 0.476. The van der Waals surface area contributed by atoms with Crippen molar-refractivity contribution in [2.24, 2.45) is 0 Å². The van der Waals surface area contributed by atoms with E-state index in [4.69, 9.17) is 11.6 Å². The van der Waals surface area contributed by atoms with E-state index < -0.39 is 8.07 Å². The zero-order valence-electron chi connectivity index (χ0n) is 11.9. The molecule has 2 rings (SSSR count). The Labute approximate surface area is 124 Å². The Kier molecular flexibility index (Phi) is 4.06. The average Bonchev–Trinajstić information content (AvgIpc) is 2.39. The SMILES string of the molecule is C[Si](C)(C)c1cn(Cc2ccccc2)c(=O)c(Cl)c1O. The Morgan fingerprint density at radius 2 is 1.80 bits per heavy atom. The molecule has 0 bridgehead atoms. The van der Waals surface area contributed by atoms with Crippen molar-refractivity contribution in [3.05, 3.63) is 57.5 Å². The van der Waals surface area contributed by atoms with Crippen LogP contribution in [0.15, 0.2) is 41.3 Å². The third kappa shape index (κ3) is 2.97. The van der Waals surface area contributed by atoms with E-state index in [1.165, 1.54) is 0 Å². The molecule has 3 nitrogen and oxygen atoms in total. The first-order chi connectivity index (χ1) is 9.30. The van der Waals surface area contributed by atoms with E-state index in [0.29, 0.717) is 6.54 Å². The van der Waals surface area contributed by atoms with Crippen LogP contribution in [0.2, 0.25) is 24.7 Å². The molecular formula is C15H18ClNO2Si. The lowest BCUT2D eigenvalue weighted by Gasteiger charge is -2.20. The summed E-state index contributed by atoms with van der Waals surface area (Å²) in [6, 6.07) is 9.72. The first-order valence-electron chi connectivity index (χ1n) is 6.47. The molecule has 1 N–H and O–H groups in total. The largest absolute Gasteiger partial charge is 0.506 e. The highest BCUT2D eigenvalue weighted by atomic mass is 35.5. The number of rotatable bonds is 3. The summed E-state index contributed by atoms with van der Waals surface area (Å²) in [6.07, 6.45) is 1.75. The maximum absolute atomic E-state index is 12.2. The summed E-state index contributed by atoms with van der Waals surface area (Å²) < 4.78 is 1.57. The monoisotopic (exact) mass is 307 g/mol. The lowest BCUT2D eigenvalue weighted by atomic mass is 10.2. The first-order valence-corrected chi connectivity index (χ1v) is 10.3. The van der Waals surface area contributed by atoms with Gasteiger partial charge in [-0.2, -0.15) is 0 Å². The number of aromatic nitrogens is 1. The zero-order valence-corrected chi connectivity index (χ0v) is 13.6. The van der Waals surface area contributed by atoms with Gasteiger partial charge < -0.3 is 9.67 Å². The van der Waals surface area contributed by atoms with Gasteiger partial charge in [0.2, 0.25) is 0 Å². The van der Waals surface area contributed by atoms with Gasteiger partial charge in [0, 0.05) is 6.20 Å². The molecule has 0 aliphatic rings. The highest BCUT2D eigenvalue weighted by Gasteiger charge is 2.24. The van der Waals surface area contributed by atoms with Crippen LogP contribution in [0, 0.1) is 0 Å². The Hall–Kier alpha value is -1.52. The second-order valence-electron chi connectivity index (χ2n) is 5.87. The molecule has 1 aromatic heterocycles. The average molecular weight is 308 g/mol. The number of halogens is 1. The molecule has 0 aliphatic heterocycles. The van der Waals surface area contributed by atoms with Crippen molar-refractivity contribution in [2.75, 3.05) is 0 Å². The maximum Gasteiger partial charge on any atom is 0.273 e. The third-order valence-electron chi connectivity index (χ3n) is 3.20. The highest BCUT2D eigenvalue weighted by molar-refractivity contribution is 6.89. The van der Waals surface area contributed by atoms with Crippen molar-refractivity contribution in [1.82, 2.24) is 4.57 Å². The summed E-state index contributed by atoms with van der Waals surface area (Å²) >= 11 is 6.00. The molecule has 0 saturated heterocycles. The van der Waals surface area contributed by atoms with Crippen molar-refractivity contribution >= 4 is 24.9 Å². The number of benzene rings is 1. The van der Waals surface area contributed by atoms with Gasteiger partial charge in [0.05, 0.1) is 14.6 Å². The molecule has 0 amide bonds. The number of hydrogen-bond donors (Lipinski definition) is 1. The van der Waals surface area contributed by atoms with Crippen LogP contribution in [0.3, 0.4) is 0 Å². The van der Waals surface area contributed by atoms with Crippen LogP contribution >= 0.6 is 11.6 Å². The van der Waals surface area contributed by atoms with Gasteiger partial charge in [-0.05, 0) is 10.8 Å². The highest BCUT2D eigenvalue weighted by Crippen LogP contribution is 2.20. The van der Waals surface area contributed by atoms with Crippen molar-refractivity contribution in [1.29, 1.82) is 0 Å². The number of hydrogen-bond acceptors (Lipinski definition) is 2. The summed E-state index contributed by atoms with van der Waals surface area (Å²) in [7, 11) is -1.77. The van der Waals surface area contributed by atoms with Crippen molar-refractivity contribution < 1.29 is 5.11 Å². The Morgan fingerprint density at radius 1 is 1.20 bits per heavy atom. The van der Waals surface area contributed by atoms with Crippen LogP contribution in [0.1, 0.15) is 5.56 Å². The van der Waals surface area contributed by atoms with Gasteiger partial charge in [0.1, 0.15) is 10.8 Å². The lowest BCUT2D eigenvalue weighted by Crippen LogP contribution is -2.41. The van der Waals surface area contributed by atoms with E-state index in [2.05, 4.69) is 19.6 Å². The smallest absolute Gasteiger partial charge is 0.273 e. The van der Waals surface area contributed by atoms with Crippen LogP contribution in [0.5, 0.6) is 5.75 Å². The molecule has 0 spiro atoms. The molecule has 1 aromatic carbocycles. The van der Waals surface area contributed by atoms with Crippen molar-refractivity contribution in [2.45, 2.75) is 26.2 Å². The topological polar surface area (TPSA) is 42.2 Å². The van der Waals surface area contributed by atoms with Gasteiger partial charge in [-0.25, -0.2) is 0 Å². The molecule has 0 saturated carbocycles. The Morgan fingerprint density at radius 3 is 2.35 bits per heavy atom. The number of nitrogens with zero attached hydrogens (tertiary/aromatic N) is 1. The molecule has 2 aromatic rings. The van der Waals surface area contributed by atoms with Crippen LogP contribution in [-0.4, -0.2) is 17.7 Å². The fourth-order valence-corrected chi connectivity index (χ4v) is 3.74. The predicted octanol–water partition coefficient (Wildman–Crippen LogP) is 2.80. The van der Waals surface area contributed by atoms with E-state index >= 15 is 0 Å². The molecule has 1 heterocycles. The van der Waals surface area contributed by atoms with Crippen LogP contribution in [-0.2, 0) is 6.54 Å². The van der Waals surface area contributed by atoms with E-state index in [-0.39, 0.29) is 16.3 Å². The second kappa shape index (κ2) is 5.46. The summed E-state index contributed by atoms with van der Waals surface area (Å²) in [5.41, 5.74) is 0.674. The molecule has 20 heavy (non-hydrogen) atoms. The van der Waals surface area contributed by atoms with Gasteiger partial charge >= 0.3 is 0 Å². The maximum atomic E-state index is 12.2. The standard InChI is InChI=1S/C15H18ClNO2Si/c1-20(2,3)12-10-17(15(19)13(16)14(12)18)9-11-7-5-4-6-8-11/h4-8,10,18H,9H2,1-3H3. The second-order valence-corrected chi connectivity index (χ2v) is 11.3. The molecule has 0 radical (unpaired) electrons. The first kappa shape index (κ1) is 14.9. The fraction of sp³-hybridized carbons (Fsp3) is 0.267. The summed E-state index contributed by atoms with van der Waals surface area (Å²) in [6.45, 7) is 6.78. The third-order valence-corrected chi connectivity index (χ3v) is 5.52. The van der Waals surface area contributed by atoms with Gasteiger partial charge in [0.15, 0.2) is 0 Å². The molecular weight excluding hydrogens is 290 g/mol. The normalized spacial score (nSPS) is 11.6. The molecule has 106 valence electrons. The molecule has 5 heteroatoms. The van der Waals surface area contributed by atoms with E-state index in [1.807, 2.05) is 30.3 Å². The summed E-state index contributed by atoms with van der Waals surface area (Å²) in [5.74, 6) is -0.0554. The van der Waals surface area contributed by atoms with Crippen molar-refractivity contribution in [3.8, 4) is 5.75 Å². The molecule has 0 aliphatic carbocycles. The van der Waals surface area contributed by atoms with Gasteiger partial charge in [0.25, 0.3) is 5.56 Å². The van der Waals surface area contributed by atoms with E-state index in [0.717, 1.165) is 10.8 Å². The molecule has 0 unspecified atom stereocenters. The zero-order chi connectivity index (χ0) is 14.9. The minimum atomic E-state index is -1.77. The summed E-state index contributed by atoms with van der Waals surface area (Å²) in [4.78, 5) is 12.2. The summed E-state index contributed by atoms with van der Waals surface area (Å²) in [5, 5.41) is 10.8. The van der Waals surface area contributed by atoms with Crippen LogP contribution < -0.4 is 10.7 Å². The number of pyridine rings is 1. The van der Waals surface area contributed by atoms with Crippen LogP contribution in [0.4, 0.5) is 0 Å². The molecule has 0 atom stereocenters. The molecule has 0 fully saturated rings. The van der Waals surface area contributed by atoms with Gasteiger partial charge in [-0.1, -0.05) is 61.6 Å². The predicted molar refractivity (Wildman–Crippen MR) is 85.9 cm³/mol. The van der Waals surface area contributed by atoms with Gasteiger partial charge in [-0.3, -0.25) is 4.79 Å². The fourth-order valence-electron chi connectivity index (χ4n) is 2.07. The Bertz CT molecular complexity index is 675. The minimum absolute atomic E-state index is 0.0554. The van der Waals surface area contributed by atoms with Crippen molar-refractivity contribution in [3.63, 3.8) is 0 Å². The number of aromatic hydroxyl groups is 1. The quantitative estimate of drug-likeness (QED) is 0.886.